The Hall–Kier alpha value is -2.66. The minimum Gasteiger partial charge on any atom is -0.389 e. The first-order valence-corrected chi connectivity index (χ1v) is 10.8. The Morgan fingerprint density at radius 1 is 1.23 bits per heavy atom. The molecule has 1 saturated heterocycles. The Bertz CT molecular complexity index is 1150. The van der Waals surface area contributed by atoms with Crippen molar-refractivity contribution in [1.82, 2.24) is 14.9 Å². The summed E-state index contributed by atoms with van der Waals surface area (Å²) in [6.45, 7) is 9.51. The number of carbonyl (C=O) groups excluding carboxylic acids is 1. The van der Waals surface area contributed by atoms with Crippen LogP contribution < -0.4 is 0 Å². The second-order valence-corrected chi connectivity index (χ2v) is 9.75. The van der Waals surface area contributed by atoms with Crippen LogP contribution in [0.3, 0.4) is 0 Å². The van der Waals surface area contributed by atoms with Gasteiger partial charge < -0.3 is 15.0 Å². The van der Waals surface area contributed by atoms with Crippen molar-refractivity contribution in [2.24, 2.45) is 5.41 Å². The molecule has 1 fully saturated rings. The van der Waals surface area contributed by atoms with Crippen molar-refractivity contribution in [3.8, 4) is 0 Å². The summed E-state index contributed by atoms with van der Waals surface area (Å²) in [5.74, 6) is 0.0850. The molecule has 30 heavy (non-hydrogen) atoms. The summed E-state index contributed by atoms with van der Waals surface area (Å²) < 4.78 is 0. The van der Waals surface area contributed by atoms with E-state index in [2.05, 4.69) is 53.8 Å². The molecule has 5 heteroatoms. The molecule has 0 saturated carbocycles. The third-order valence-electron chi connectivity index (χ3n) is 8.03. The van der Waals surface area contributed by atoms with Crippen LogP contribution in [0.4, 0.5) is 0 Å². The highest BCUT2D eigenvalue weighted by Gasteiger charge is 2.56. The quantitative estimate of drug-likeness (QED) is 0.668. The number of nitrogens with one attached hydrogen (secondary N) is 1. The number of rotatable bonds is 2. The summed E-state index contributed by atoms with van der Waals surface area (Å²) in [7, 11) is 0. The lowest BCUT2D eigenvalue weighted by atomic mass is 9.51. The number of hydrogen-bond donors (Lipinski definition) is 2. The first kappa shape index (κ1) is 19.3. The maximum absolute atomic E-state index is 13.6. The van der Waals surface area contributed by atoms with Gasteiger partial charge in [-0.05, 0) is 60.1 Å². The van der Waals surface area contributed by atoms with E-state index in [-0.39, 0.29) is 22.8 Å². The zero-order valence-electron chi connectivity index (χ0n) is 18.1. The highest BCUT2D eigenvalue weighted by molar-refractivity contribution is 5.97. The van der Waals surface area contributed by atoms with Crippen molar-refractivity contribution in [3.05, 3.63) is 65.0 Å². The summed E-state index contributed by atoms with van der Waals surface area (Å²) in [6, 6.07) is 12.2. The van der Waals surface area contributed by atoms with E-state index in [1.54, 1.807) is 13.3 Å². The topological polar surface area (TPSA) is 69.2 Å². The number of nitrogens with zero attached hydrogens (tertiary/aromatic N) is 2. The Kier molecular flexibility index (Phi) is 4.13. The molecule has 2 aliphatic rings. The van der Waals surface area contributed by atoms with Gasteiger partial charge >= 0.3 is 0 Å². The fraction of sp³-hybridized carbons (Fsp3) is 0.440. The number of fused-ring (bicyclic) bond motifs is 5. The molecule has 1 aliphatic carbocycles. The van der Waals surface area contributed by atoms with Gasteiger partial charge in [-0.3, -0.25) is 4.79 Å². The Morgan fingerprint density at radius 3 is 2.80 bits per heavy atom. The van der Waals surface area contributed by atoms with Gasteiger partial charge in [0.25, 0.3) is 5.91 Å². The van der Waals surface area contributed by atoms with Crippen molar-refractivity contribution in [2.45, 2.75) is 58.1 Å². The molecular weight excluding hydrogens is 374 g/mol. The summed E-state index contributed by atoms with van der Waals surface area (Å²) in [6.07, 6.45) is 2.91. The van der Waals surface area contributed by atoms with Crippen molar-refractivity contribution in [3.63, 3.8) is 0 Å². The van der Waals surface area contributed by atoms with Crippen molar-refractivity contribution < 1.29 is 9.90 Å². The number of benzene rings is 2. The van der Waals surface area contributed by atoms with Crippen LogP contribution in [0.1, 0.15) is 67.3 Å². The average molecular weight is 404 g/mol. The SMILES string of the molecule is CC(O)c1ccc2c(c1)C[C@H]1N(C(=O)c3ccc4nc[nH]c4c3)CC[C@]2(C)C1(C)C. The number of aliphatic hydroxyl groups is 1. The van der Waals surface area contributed by atoms with Crippen LogP contribution in [0.15, 0.2) is 42.7 Å². The van der Waals surface area contributed by atoms with Crippen LogP contribution in [0, 0.1) is 5.41 Å². The molecule has 1 unspecified atom stereocenters. The first-order valence-electron chi connectivity index (χ1n) is 10.8. The van der Waals surface area contributed by atoms with Crippen molar-refractivity contribution in [2.75, 3.05) is 6.54 Å². The van der Waals surface area contributed by atoms with Gasteiger partial charge in [0.05, 0.1) is 23.5 Å². The number of hydrogen-bond acceptors (Lipinski definition) is 3. The lowest BCUT2D eigenvalue weighted by Gasteiger charge is -2.61. The van der Waals surface area contributed by atoms with E-state index in [4.69, 9.17) is 0 Å². The van der Waals surface area contributed by atoms with Crippen molar-refractivity contribution in [1.29, 1.82) is 0 Å². The normalized spacial score (nSPS) is 25.8. The number of aromatic amines is 1. The number of aromatic nitrogens is 2. The molecular formula is C25H29N3O2. The van der Waals surface area contributed by atoms with Gasteiger partial charge in [-0.15, -0.1) is 0 Å². The monoisotopic (exact) mass is 403 g/mol. The van der Waals surface area contributed by atoms with E-state index in [0.29, 0.717) is 5.56 Å². The molecule has 2 heterocycles. The zero-order chi connectivity index (χ0) is 21.3. The van der Waals surface area contributed by atoms with Gasteiger partial charge in [-0.2, -0.15) is 0 Å². The van der Waals surface area contributed by atoms with Crippen LogP contribution in [0.25, 0.3) is 11.0 Å². The highest BCUT2D eigenvalue weighted by atomic mass is 16.3. The number of likely N-dealkylation sites (tertiary alicyclic amines) is 1. The minimum absolute atomic E-state index is 0.00736. The largest absolute Gasteiger partial charge is 0.389 e. The van der Waals surface area contributed by atoms with Crippen LogP contribution >= 0.6 is 0 Å². The molecule has 0 spiro atoms. The molecule has 1 aliphatic heterocycles. The van der Waals surface area contributed by atoms with Gasteiger partial charge in [-0.25, -0.2) is 4.98 Å². The summed E-state index contributed by atoms with van der Waals surface area (Å²) in [5, 5.41) is 10.1. The molecule has 2 N–H and O–H groups in total. The lowest BCUT2D eigenvalue weighted by Crippen LogP contribution is -2.64. The van der Waals surface area contributed by atoms with E-state index in [0.717, 1.165) is 36.0 Å². The lowest BCUT2D eigenvalue weighted by molar-refractivity contribution is -0.0262. The number of H-pyrrole nitrogens is 1. The average Bonchev–Trinajstić information content (AvgIpc) is 3.17. The van der Waals surface area contributed by atoms with Crippen LogP contribution in [0.2, 0.25) is 0 Å². The number of carbonyl (C=O) groups is 1. The Morgan fingerprint density at radius 2 is 2.03 bits per heavy atom. The third kappa shape index (κ3) is 2.58. The number of aliphatic hydroxyl groups excluding tert-OH is 1. The Labute approximate surface area is 177 Å². The van der Waals surface area contributed by atoms with E-state index < -0.39 is 6.10 Å². The smallest absolute Gasteiger partial charge is 0.254 e. The zero-order valence-corrected chi connectivity index (χ0v) is 18.1. The van der Waals surface area contributed by atoms with Crippen LogP contribution in [0.5, 0.6) is 0 Å². The number of imidazole rings is 1. The molecule has 5 nitrogen and oxygen atoms in total. The third-order valence-corrected chi connectivity index (χ3v) is 8.03. The fourth-order valence-corrected chi connectivity index (χ4v) is 5.69. The Balaban J connectivity index is 1.56. The van der Waals surface area contributed by atoms with Crippen LogP contribution in [-0.2, 0) is 11.8 Å². The summed E-state index contributed by atoms with van der Waals surface area (Å²) >= 11 is 0. The summed E-state index contributed by atoms with van der Waals surface area (Å²) in [4.78, 5) is 23.0. The van der Waals surface area contributed by atoms with Gasteiger partial charge in [0.2, 0.25) is 0 Å². The van der Waals surface area contributed by atoms with Crippen LogP contribution in [-0.4, -0.2) is 38.5 Å². The number of amides is 1. The molecule has 1 amide bonds. The van der Waals surface area contributed by atoms with Gasteiger partial charge in [0.1, 0.15) is 0 Å². The van der Waals surface area contributed by atoms with E-state index in [1.807, 2.05) is 18.2 Å². The molecule has 1 aromatic heterocycles. The predicted molar refractivity (Wildman–Crippen MR) is 117 cm³/mol. The standard InChI is InChI=1S/C25H29N3O2/c1-15(29)16-5-7-19-18(11-16)13-22-24(2,3)25(19,4)9-10-28(22)23(30)17-6-8-20-21(12-17)27-14-26-20/h5-8,11-12,14-15,22,29H,9-10,13H2,1-4H3,(H,26,27)/t15?,22-,25+/m1/s1. The van der Waals surface area contributed by atoms with E-state index >= 15 is 0 Å². The molecule has 156 valence electrons. The molecule has 0 radical (unpaired) electrons. The maximum atomic E-state index is 13.6. The van der Waals surface area contributed by atoms with Gasteiger partial charge in [0.15, 0.2) is 0 Å². The van der Waals surface area contributed by atoms with Gasteiger partial charge in [0, 0.05) is 23.6 Å². The molecule has 2 aromatic carbocycles. The molecule has 3 aromatic rings. The highest BCUT2D eigenvalue weighted by Crippen LogP contribution is 2.56. The van der Waals surface area contributed by atoms with E-state index in [9.17, 15) is 9.90 Å². The second-order valence-electron chi connectivity index (χ2n) is 9.75. The predicted octanol–water partition coefficient (Wildman–Crippen LogP) is 4.37. The molecule has 5 rings (SSSR count). The van der Waals surface area contributed by atoms with E-state index in [1.165, 1.54) is 11.1 Å². The molecule has 3 atom stereocenters. The number of piperidine rings is 1. The summed E-state index contributed by atoms with van der Waals surface area (Å²) in [5.41, 5.74) is 5.98. The maximum Gasteiger partial charge on any atom is 0.254 e. The van der Waals surface area contributed by atoms with Gasteiger partial charge in [-0.1, -0.05) is 39.0 Å². The van der Waals surface area contributed by atoms with Crippen molar-refractivity contribution >= 4 is 16.9 Å². The fourth-order valence-electron chi connectivity index (χ4n) is 5.69. The molecule has 2 bridgehead atoms. The first-order chi connectivity index (χ1) is 14.2. The second kappa shape index (κ2) is 6.42. The minimum atomic E-state index is -0.489.